The van der Waals surface area contributed by atoms with Crippen molar-refractivity contribution in [2.45, 2.75) is 18.9 Å². The van der Waals surface area contributed by atoms with Crippen molar-refractivity contribution in [3.63, 3.8) is 0 Å². The highest BCUT2D eigenvalue weighted by Crippen LogP contribution is 2.21. The Balaban J connectivity index is 2.58. The van der Waals surface area contributed by atoms with E-state index in [-0.39, 0.29) is 0 Å². The highest BCUT2D eigenvalue weighted by molar-refractivity contribution is 5.38. The first kappa shape index (κ1) is 8.80. The second kappa shape index (κ2) is 3.92. The van der Waals surface area contributed by atoms with Crippen molar-refractivity contribution in [1.82, 2.24) is 10.2 Å². The van der Waals surface area contributed by atoms with Gasteiger partial charge in [-0.15, -0.1) is 6.58 Å². The van der Waals surface area contributed by atoms with Crippen LogP contribution in [0.3, 0.4) is 0 Å². The standard InChI is InChI=1S/C8H13N3O/c1-2-3-4-7(12)6-5-10-11-8(6)9/h2,5,7,12H,1,3-4H2,(H3,9,10,11). The van der Waals surface area contributed by atoms with Crippen LogP contribution in [0.5, 0.6) is 0 Å². The van der Waals surface area contributed by atoms with Gasteiger partial charge in [-0.05, 0) is 12.8 Å². The van der Waals surface area contributed by atoms with Crippen LogP contribution in [0.25, 0.3) is 0 Å². The van der Waals surface area contributed by atoms with Crippen molar-refractivity contribution in [2.75, 3.05) is 5.73 Å². The molecule has 0 saturated carbocycles. The summed E-state index contributed by atoms with van der Waals surface area (Å²) < 4.78 is 0. The Bertz CT molecular complexity index is 257. The van der Waals surface area contributed by atoms with Gasteiger partial charge in [-0.25, -0.2) is 0 Å². The van der Waals surface area contributed by atoms with E-state index in [4.69, 9.17) is 5.73 Å². The van der Waals surface area contributed by atoms with E-state index < -0.39 is 6.10 Å². The monoisotopic (exact) mass is 167 g/mol. The maximum Gasteiger partial charge on any atom is 0.124 e. The van der Waals surface area contributed by atoms with Crippen molar-refractivity contribution in [3.8, 4) is 0 Å². The number of hydrogen-bond donors (Lipinski definition) is 3. The summed E-state index contributed by atoms with van der Waals surface area (Å²) in [5.41, 5.74) is 6.17. The number of rotatable bonds is 4. The zero-order valence-electron chi connectivity index (χ0n) is 6.83. The van der Waals surface area contributed by atoms with Crippen LogP contribution >= 0.6 is 0 Å². The van der Waals surface area contributed by atoms with Crippen LogP contribution in [-0.2, 0) is 0 Å². The number of nitrogens with zero attached hydrogens (tertiary/aromatic N) is 1. The number of nitrogen functional groups attached to an aromatic ring is 1. The summed E-state index contributed by atoms with van der Waals surface area (Å²) in [6.07, 6.45) is 4.17. The van der Waals surface area contributed by atoms with E-state index in [1.807, 2.05) is 0 Å². The molecule has 0 aliphatic rings. The van der Waals surface area contributed by atoms with Gasteiger partial charge in [0.05, 0.1) is 12.3 Å². The van der Waals surface area contributed by atoms with Gasteiger partial charge in [0.2, 0.25) is 0 Å². The van der Waals surface area contributed by atoms with Crippen LogP contribution in [0.1, 0.15) is 24.5 Å². The first-order chi connectivity index (χ1) is 5.75. The fourth-order valence-electron chi connectivity index (χ4n) is 1.00. The molecular formula is C8H13N3O. The molecule has 1 aromatic heterocycles. The van der Waals surface area contributed by atoms with Crippen molar-refractivity contribution >= 4 is 5.82 Å². The average Bonchev–Trinajstić information content (AvgIpc) is 2.47. The molecule has 0 aliphatic heterocycles. The molecule has 0 fully saturated rings. The zero-order valence-corrected chi connectivity index (χ0v) is 6.83. The topological polar surface area (TPSA) is 74.9 Å². The van der Waals surface area contributed by atoms with Gasteiger partial charge >= 0.3 is 0 Å². The molecule has 1 atom stereocenters. The maximum atomic E-state index is 9.53. The van der Waals surface area contributed by atoms with Gasteiger partial charge < -0.3 is 10.8 Å². The Morgan fingerprint density at radius 3 is 3.08 bits per heavy atom. The lowest BCUT2D eigenvalue weighted by Gasteiger charge is -2.06. The molecule has 0 aliphatic carbocycles. The van der Waals surface area contributed by atoms with Crippen molar-refractivity contribution in [1.29, 1.82) is 0 Å². The predicted molar refractivity (Wildman–Crippen MR) is 47.4 cm³/mol. The highest BCUT2D eigenvalue weighted by Gasteiger charge is 2.11. The van der Waals surface area contributed by atoms with E-state index >= 15 is 0 Å². The van der Waals surface area contributed by atoms with Gasteiger partial charge in [0, 0.05) is 5.56 Å². The fourth-order valence-corrected chi connectivity index (χ4v) is 1.00. The number of aromatic nitrogens is 2. The number of aliphatic hydroxyl groups is 1. The predicted octanol–water partition coefficient (Wildman–Crippen LogP) is 0.992. The first-order valence-corrected chi connectivity index (χ1v) is 3.83. The van der Waals surface area contributed by atoms with Crippen molar-refractivity contribution in [2.24, 2.45) is 0 Å². The molecule has 0 radical (unpaired) electrons. The summed E-state index contributed by atoms with van der Waals surface area (Å²) in [6.45, 7) is 3.57. The first-order valence-electron chi connectivity index (χ1n) is 3.83. The molecule has 12 heavy (non-hydrogen) atoms. The molecule has 66 valence electrons. The molecule has 1 unspecified atom stereocenters. The van der Waals surface area contributed by atoms with Crippen molar-refractivity contribution in [3.05, 3.63) is 24.4 Å². The van der Waals surface area contributed by atoms with Gasteiger partial charge in [-0.1, -0.05) is 6.08 Å². The molecule has 0 aromatic carbocycles. The molecule has 1 heterocycles. The summed E-state index contributed by atoms with van der Waals surface area (Å²) in [4.78, 5) is 0. The molecule has 0 spiro atoms. The lowest BCUT2D eigenvalue weighted by atomic mass is 10.1. The molecule has 4 N–H and O–H groups in total. The third-order valence-electron chi connectivity index (χ3n) is 1.70. The molecule has 0 amide bonds. The van der Waals surface area contributed by atoms with Gasteiger partial charge in [-0.3, -0.25) is 5.10 Å². The fraction of sp³-hybridized carbons (Fsp3) is 0.375. The molecule has 1 aromatic rings. The molecule has 0 bridgehead atoms. The minimum atomic E-state index is -0.540. The van der Waals surface area contributed by atoms with Gasteiger partial charge in [-0.2, -0.15) is 5.10 Å². The number of nitrogens with two attached hydrogens (primary N) is 1. The number of aromatic amines is 1. The Morgan fingerprint density at radius 2 is 2.58 bits per heavy atom. The SMILES string of the molecule is C=CCCC(O)c1cn[nH]c1N. The van der Waals surface area contributed by atoms with E-state index in [1.54, 1.807) is 12.3 Å². The zero-order chi connectivity index (χ0) is 8.97. The van der Waals surface area contributed by atoms with E-state index in [1.165, 1.54) is 0 Å². The second-order valence-electron chi connectivity index (χ2n) is 2.62. The minimum absolute atomic E-state index is 0.437. The van der Waals surface area contributed by atoms with Crippen LogP contribution in [0, 0.1) is 0 Å². The lowest BCUT2D eigenvalue weighted by molar-refractivity contribution is 0.169. The summed E-state index contributed by atoms with van der Waals surface area (Å²) in [6, 6.07) is 0. The maximum absolute atomic E-state index is 9.53. The van der Waals surface area contributed by atoms with Crippen LogP contribution in [0.2, 0.25) is 0 Å². The number of allylic oxidation sites excluding steroid dienone is 1. The normalized spacial score (nSPS) is 12.8. The van der Waals surface area contributed by atoms with Crippen molar-refractivity contribution < 1.29 is 5.11 Å². The van der Waals surface area contributed by atoms with Crippen LogP contribution in [0.4, 0.5) is 5.82 Å². The summed E-state index contributed by atoms with van der Waals surface area (Å²) >= 11 is 0. The van der Waals surface area contributed by atoms with E-state index in [9.17, 15) is 5.11 Å². The minimum Gasteiger partial charge on any atom is -0.388 e. The van der Waals surface area contributed by atoms with Gasteiger partial charge in [0.15, 0.2) is 0 Å². The quantitative estimate of drug-likeness (QED) is 0.585. The summed E-state index contributed by atoms with van der Waals surface area (Å²) in [5, 5.41) is 15.8. The van der Waals surface area contributed by atoms with E-state index in [2.05, 4.69) is 16.8 Å². The Labute approximate surface area is 71.1 Å². The highest BCUT2D eigenvalue weighted by atomic mass is 16.3. The van der Waals surface area contributed by atoms with Gasteiger partial charge in [0.25, 0.3) is 0 Å². The van der Waals surface area contributed by atoms with E-state index in [0.29, 0.717) is 17.8 Å². The number of aliphatic hydroxyl groups excluding tert-OH is 1. The Kier molecular flexibility index (Phi) is 2.88. The lowest BCUT2D eigenvalue weighted by Crippen LogP contribution is -1.99. The van der Waals surface area contributed by atoms with Crippen LogP contribution in [-0.4, -0.2) is 15.3 Å². The van der Waals surface area contributed by atoms with Crippen LogP contribution < -0.4 is 5.73 Å². The summed E-state index contributed by atoms with van der Waals surface area (Å²) in [7, 11) is 0. The number of H-pyrrole nitrogens is 1. The number of nitrogens with one attached hydrogen (secondary N) is 1. The largest absolute Gasteiger partial charge is 0.388 e. The molecule has 4 heteroatoms. The molecule has 0 saturated heterocycles. The number of hydrogen-bond acceptors (Lipinski definition) is 3. The smallest absolute Gasteiger partial charge is 0.124 e. The summed E-state index contributed by atoms with van der Waals surface area (Å²) in [5.74, 6) is 0.437. The molecular weight excluding hydrogens is 154 g/mol. The Morgan fingerprint density at radius 1 is 1.83 bits per heavy atom. The molecule has 4 nitrogen and oxygen atoms in total. The van der Waals surface area contributed by atoms with Crippen LogP contribution in [0.15, 0.2) is 18.9 Å². The number of anilines is 1. The second-order valence-corrected chi connectivity index (χ2v) is 2.62. The van der Waals surface area contributed by atoms with E-state index in [0.717, 1.165) is 6.42 Å². The molecule has 1 rings (SSSR count). The van der Waals surface area contributed by atoms with Gasteiger partial charge in [0.1, 0.15) is 5.82 Å². The third kappa shape index (κ3) is 1.85. The Hall–Kier alpha value is -1.29. The third-order valence-corrected chi connectivity index (χ3v) is 1.70. The average molecular weight is 167 g/mol.